The van der Waals surface area contributed by atoms with Crippen LogP contribution in [0.2, 0.25) is 0 Å². The summed E-state index contributed by atoms with van der Waals surface area (Å²) in [6.45, 7) is 3.65. The summed E-state index contributed by atoms with van der Waals surface area (Å²) in [4.78, 5) is 30.1. The van der Waals surface area contributed by atoms with E-state index in [4.69, 9.17) is 9.47 Å². The topological polar surface area (TPSA) is 71.1 Å². The fourth-order valence-electron chi connectivity index (χ4n) is 3.58. The van der Waals surface area contributed by atoms with Crippen LogP contribution in [-0.2, 0) is 16.0 Å². The number of urea groups is 1. The summed E-state index contributed by atoms with van der Waals surface area (Å²) in [5.41, 5.74) is 1.04. The first-order chi connectivity index (χ1) is 15.0. The number of thiophene rings is 1. The zero-order chi connectivity index (χ0) is 22.2. The Balaban J connectivity index is 1.75. The Hall–Kier alpha value is -2.65. The largest absolute Gasteiger partial charge is 0.491 e. The predicted octanol–water partition coefficient (Wildman–Crippen LogP) is 3.07. The van der Waals surface area contributed by atoms with Crippen LogP contribution in [0.5, 0.6) is 5.75 Å². The molecule has 0 fully saturated rings. The van der Waals surface area contributed by atoms with Crippen molar-refractivity contribution < 1.29 is 23.5 Å². The van der Waals surface area contributed by atoms with Gasteiger partial charge in [-0.05, 0) is 42.5 Å². The van der Waals surface area contributed by atoms with E-state index < -0.39 is 0 Å². The fourth-order valence-corrected chi connectivity index (χ4v) is 4.51. The standard InChI is InChI=1S/C22H28FN3O4S/c1-3-24-22(28)25(10-11-29-2)14-21(27)26-9-7-20-18(8-12-31-20)19(26)15-30-17-6-4-5-16(23)13-17/h4-6,8,12-13,19H,3,7,9-11,14-15H2,1-2H3,(H,24,28)/t19-/m0/s1. The molecule has 1 atom stereocenters. The molecule has 1 aliphatic rings. The first kappa shape index (κ1) is 23.0. The number of hydrogen-bond acceptors (Lipinski definition) is 5. The minimum atomic E-state index is -0.374. The summed E-state index contributed by atoms with van der Waals surface area (Å²) in [6, 6.07) is 7.36. The molecule has 31 heavy (non-hydrogen) atoms. The summed E-state index contributed by atoms with van der Waals surface area (Å²) in [5, 5.41) is 4.75. The highest BCUT2D eigenvalue weighted by atomic mass is 32.1. The maximum Gasteiger partial charge on any atom is 0.317 e. The third-order valence-corrected chi connectivity index (χ3v) is 6.12. The van der Waals surface area contributed by atoms with Crippen LogP contribution in [-0.4, -0.2) is 68.2 Å². The van der Waals surface area contributed by atoms with Crippen LogP contribution < -0.4 is 10.1 Å². The number of nitrogens with one attached hydrogen (secondary N) is 1. The van der Waals surface area contributed by atoms with Gasteiger partial charge in [0.1, 0.15) is 24.7 Å². The quantitative estimate of drug-likeness (QED) is 0.639. The Kier molecular flexibility index (Phi) is 8.25. The normalized spacial score (nSPS) is 15.3. The molecule has 9 heteroatoms. The lowest BCUT2D eigenvalue weighted by Gasteiger charge is -2.37. The van der Waals surface area contributed by atoms with E-state index in [2.05, 4.69) is 5.32 Å². The molecule has 3 amide bonds. The lowest BCUT2D eigenvalue weighted by atomic mass is 10.0. The Morgan fingerprint density at radius 1 is 1.35 bits per heavy atom. The van der Waals surface area contributed by atoms with Gasteiger partial charge in [0.25, 0.3) is 0 Å². The molecular formula is C22H28FN3O4S. The van der Waals surface area contributed by atoms with Gasteiger partial charge in [0.2, 0.25) is 5.91 Å². The number of benzene rings is 1. The van der Waals surface area contributed by atoms with Crippen molar-refractivity contribution in [2.24, 2.45) is 0 Å². The number of amides is 3. The summed E-state index contributed by atoms with van der Waals surface area (Å²) in [5.74, 6) is -0.119. The third-order valence-electron chi connectivity index (χ3n) is 5.13. The van der Waals surface area contributed by atoms with Crippen LogP contribution >= 0.6 is 11.3 Å². The zero-order valence-corrected chi connectivity index (χ0v) is 18.6. The van der Waals surface area contributed by atoms with Crippen molar-refractivity contribution in [1.29, 1.82) is 0 Å². The van der Waals surface area contributed by atoms with Crippen molar-refractivity contribution in [3.8, 4) is 5.75 Å². The molecule has 0 saturated carbocycles. The molecule has 0 spiro atoms. The Morgan fingerprint density at radius 2 is 2.19 bits per heavy atom. The molecule has 0 radical (unpaired) electrons. The first-order valence-electron chi connectivity index (χ1n) is 10.3. The van der Waals surface area contributed by atoms with E-state index >= 15 is 0 Å². The van der Waals surface area contributed by atoms with Gasteiger partial charge in [0.15, 0.2) is 0 Å². The average Bonchev–Trinajstić information content (AvgIpc) is 3.24. The molecule has 1 aromatic heterocycles. The maximum absolute atomic E-state index is 13.5. The monoisotopic (exact) mass is 449 g/mol. The van der Waals surface area contributed by atoms with Crippen molar-refractivity contribution in [2.45, 2.75) is 19.4 Å². The number of methoxy groups -OCH3 is 1. The lowest BCUT2D eigenvalue weighted by molar-refractivity contribution is -0.135. The molecule has 3 rings (SSSR count). The minimum Gasteiger partial charge on any atom is -0.491 e. The summed E-state index contributed by atoms with van der Waals surface area (Å²) in [7, 11) is 1.56. The second-order valence-electron chi connectivity index (χ2n) is 7.17. The van der Waals surface area contributed by atoms with Crippen LogP contribution in [0.15, 0.2) is 35.7 Å². The fraction of sp³-hybridized carbons (Fsp3) is 0.455. The van der Waals surface area contributed by atoms with E-state index in [1.54, 1.807) is 35.5 Å². The number of carbonyl (C=O) groups is 2. The van der Waals surface area contributed by atoms with E-state index in [-0.39, 0.29) is 36.9 Å². The smallest absolute Gasteiger partial charge is 0.317 e. The number of hydrogen-bond donors (Lipinski definition) is 1. The van der Waals surface area contributed by atoms with Gasteiger partial charge in [-0.15, -0.1) is 11.3 Å². The zero-order valence-electron chi connectivity index (χ0n) is 17.8. The number of nitrogens with zero attached hydrogens (tertiary/aromatic N) is 2. The molecule has 2 heterocycles. The van der Waals surface area contributed by atoms with E-state index in [1.807, 2.05) is 18.4 Å². The predicted molar refractivity (Wildman–Crippen MR) is 117 cm³/mol. The Bertz CT molecular complexity index is 891. The highest BCUT2D eigenvalue weighted by Crippen LogP contribution is 2.34. The first-order valence-corrected chi connectivity index (χ1v) is 11.2. The lowest BCUT2D eigenvalue weighted by Crippen LogP contribution is -2.50. The molecule has 7 nitrogen and oxygen atoms in total. The molecule has 0 unspecified atom stereocenters. The van der Waals surface area contributed by atoms with Crippen molar-refractivity contribution >= 4 is 23.3 Å². The molecule has 2 aromatic rings. The molecule has 0 aliphatic carbocycles. The van der Waals surface area contributed by atoms with Crippen molar-refractivity contribution in [3.63, 3.8) is 0 Å². The highest BCUT2D eigenvalue weighted by Gasteiger charge is 2.33. The summed E-state index contributed by atoms with van der Waals surface area (Å²) in [6.07, 6.45) is 0.758. The average molecular weight is 450 g/mol. The van der Waals surface area contributed by atoms with Crippen molar-refractivity contribution in [2.75, 3.05) is 46.5 Å². The van der Waals surface area contributed by atoms with Gasteiger partial charge >= 0.3 is 6.03 Å². The van der Waals surface area contributed by atoms with Gasteiger partial charge in [-0.1, -0.05) is 6.07 Å². The van der Waals surface area contributed by atoms with Gasteiger partial charge in [0.05, 0.1) is 12.6 Å². The van der Waals surface area contributed by atoms with Crippen molar-refractivity contribution in [1.82, 2.24) is 15.1 Å². The SMILES string of the molecule is CCNC(=O)N(CCOC)CC(=O)N1CCc2sccc2[C@@H]1COc1cccc(F)c1. The second-order valence-corrected chi connectivity index (χ2v) is 8.17. The molecule has 0 bridgehead atoms. The van der Waals surface area contributed by atoms with Gasteiger partial charge in [-0.2, -0.15) is 0 Å². The van der Waals surface area contributed by atoms with Crippen LogP contribution in [0.3, 0.4) is 0 Å². The molecule has 0 saturated heterocycles. The molecule has 168 valence electrons. The van der Waals surface area contributed by atoms with E-state index in [0.717, 1.165) is 12.0 Å². The number of fused-ring (bicyclic) bond motifs is 1. The number of carbonyl (C=O) groups excluding carboxylic acids is 2. The van der Waals surface area contributed by atoms with Gasteiger partial charge in [-0.3, -0.25) is 4.79 Å². The number of rotatable bonds is 9. The third kappa shape index (κ3) is 5.95. The molecular weight excluding hydrogens is 421 g/mol. The van der Waals surface area contributed by atoms with Crippen LogP contribution in [0.25, 0.3) is 0 Å². The number of halogens is 1. The highest BCUT2D eigenvalue weighted by molar-refractivity contribution is 7.10. The number of ether oxygens (including phenoxy) is 2. The van der Waals surface area contributed by atoms with Crippen LogP contribution in [0.1, 0.15) is 23.4 Å². The molecule has 1 aliphatic heterocycles. The Morgan fingerprint density at radius 3 is 2.94 bits per heavy atom. The van der Waals surface area contributed by atoms with E-state index in [1.165, 1.54) is 21.9 Å². The van der Waals surface area contributed by atoms with Gasteiger partial charge in [-0.25, -0.2) is 9.18 Å². The summed E-state index contributed by atoms with van der Waals surface area (Å²) >= 11 is 1.66. The van der Waals surface area contributed by atoms with Gasteiger partial charge < -0.3 is 24.6 Å². The van der Waals surface area contributed by atoms with Gasteiger partial charge in [0, 0.05) is 37.7 Å². The molecule has 1 N–H and O–H groups in total. The molecule has 1 aromatic carbocycles. The van der Waals surface area contributed by atoms with E-state index in [9.17, 15) is 14.0 Å². The van der Waals surface area contributed by atoms with Crippen molar-refractivity contribution in [3.05, 3.63) is 52.0 Å². The minimum absolute atomic E-state index is 0.0505. The second kappa shape index (κ2) is 11.1. The summed E-state index contributed by atoms with van der Waals surface area (Å²) < 4.78 is 24.4. The Labute approximate surface area is 185 Å². The maximum atomic E-state index is 13.5. The van der Waals surface area contributed by atoms with Crippen LogP contribution in [0.4, 0.5) is 9.18 Å². The van der Waals surface area contributed by atoms with Crippen LogP contribution in [0, 0.1) is 5.82 Å². The van der Waals surface area contributed by atoms with E-state index in [0.29, 0.717) is 32.0 Å².